The van der Waals surface area contributed by atoms with Crippen LogP contribution in [0.15, 0.2) is 18.2 Å². The number of benzene rings is 1. The maximum absolute atomic E-state index is 11.3. The van der Waals surface area contributed by atoms with Crippen LogP contribution < -0.4 is 5.32 Å². The minimum absolute atomic E-state index is 0.164. The number of nitrogens with one attached hydrogen (secondary N) is 1. The highest BCUT2D eigenvalue weighted by molar-refractivity contribution is 5.75. The summed E-state index contributed by atoms with van der Waals surface area (Å²) in [5.74, 6) is 0.164. The quantitative estimate of drug-likeness (QED) is 0.789. The number of hydrogen-bond donors (Lipinski definition) is 1. The molecule has 17 heavy (non-hydrogen) atoms. The van der Waals surface area contributed by atoms with Gasteiger partial charge in [-0.05, 0) is 30.5 Å². The smallest absolute Gasteiger partial charge is 0.223 e. The summed E-state index contributed by atoms with van der Waals surface area (Å²) in [4.78, 5) is 13.0. The van der Waals surface area contributed by atoms with Gasteiger partial charge in [-0.2, -0.15) is 0 Å². The van der Waals surface area contributed by atoms with Crippen LogP contribution in [0.1, 0.15) is 23.1 Å². The van der Waals surface area contributed by atoms with Gasteiger partial charge in [0.1, 0.15) is 0 Å². The van der Waals surface area contributed by atoms with Gasteiger partial charge in [-0.15, -0.1) is 0 Å². The number of carbonyl (C=O) groups is 1. The van der Waals surface area contributed by atoms with E-state index in [0.29, 0.717) is 6.42 Å². The zero-order valence-electron chi connectivity index (χ0n) is 11.2. The average Bonchev–Trinajstić information content (AvgIpc) is 2.28. The van der Waals surface area contributed by atoms with E-state index in [0.717, 1.165) is 13.1 Å². The van der Waals surface area contributed by atoms with Gasteiger partial charge in [-0.25, -0.2) is 0 Å². The van der Waals surface area contributed by atoms with E-state index in [-0.39, 0.29) is 5.91 Å². The Morgan fingerprint density at radius 1 is 1.24 bits per heavy atom. The Morgan fingerprint density at radius 2 is 1.94 bits per heavy atom. The first-order valence-electron chi connectivity index (χ1n) is 5.97. The molecule has 0 fully saturated rings. The van der Waals surface area contributed by atoms with Crippen LogP contribution >= 0.6 is 0 Å². The van der Waals surface area contributed by atoms with Crippen molar-refractivity contribution in [2.75, 3.05) is 20.6 Å². The number of rotatable bonds is 5. The van der Waals surface area contributed by atoms with Crippen LogP contribution in [0, 0.1) is 13.8 Å². The SMILES string of the molecule is Cc1ccc(CNCCC(=O)N(C)C)cc1C. The highest BCUT2D eigenvalue weighted by atomic mass is 16.2. The molecule has 0 bridgehead atoms. The third kappa shape index (κ3) is 4.57. The van der Waals surface area contributed by atoms with E-state index in [2.05, 4.69) is 37.4 Å². The van der Waals surface area contributed by atoms with Gasteiger partial charge >= 0.3 is 0 Å². The summed E-state index contributed by atoms with van der Waals surface area (Å²) in [7, 11) is 3.57. The predicted octanol–water partition coefficient (Wildman–Crippen LogP) is 1.87. The van der Waals surface area contributed by atoms with Gasteiger partial charge in [0.25, 0.3) is 0 Å². The van der Waals surface area contributed by atoms with Gasteiger partial charge in [0.05, 0.1) is 0 Å². The van der Waals surface area contributed by atoms with Gasteiger partial charge in [0.15, 0.2) is 0 Å². The molecule has 0 radical (unpaired) electrons. The number of hydrogen-bond acceptors (Lipinski definition) is 2. The summed E-state index contributed by atoms with van der Waals surface area (Å²) in [5.41, 5.74) is 3.90. The molecule has 3 nitrogen and oxygen atoms in total. The molecule has 0 aliphatic carbocycles. The zero-order valence-corrected chi connectivity index (χ0v) is 11.2. The maximum Gasteiger partial charge on any atom is 0.223 e. The summed E-state index contributed by atoms with van der Waals surface area (Å²) in [6.45, 7) is 5.78. The van der Waals surface area contributed by atoms with E-state index in [4.69, 9.17) is 0 Å². The van der Waals surface area contributed by atoms with Crippen molar-refractivity contribution in [2.24, 2.45) is 0 Å². The zero-order chi connectivity index (χ0) is 12.8. The minimum atomic E-state index is 0.164. The molecule has 0 aliphatic heterocycles. The van der Waals surface area contributed by atoms with Crippen LogP contribution in [-0.4, -0.2) is 31.4 Å². The fourth-order valence-corrected chi connectivity index (χ4v) is 1.57. The summed E-state index contributed by atoms with van der Waals surface area (Å²) >= 11 is 0. The fourth-order valence-electron chi connectivity index (χ4n) is 1.57. The van der Waals surface area contributed by atoms with Gasteiger partial charge in [0, 0.05) is 33.6 Å². The molecule has 1 aromatic carbocycles. The van der Waals surface area contributed by atoms with Crippen molar-refractivity contribution in [3.63, 3.8) is 0 Å². The Labute approximate surface area is 104 Å². The first-order chi connectivity index (χ1) is 8.00. The molecular formula is C14H22N2O. The first kappa shape index (κ1) is 13.7. The van der Waals surface area contributed by atoms with E-state index in [1.165, 1.54) is 16.7 Å². The van der Waals surface area contributed by atoms with Crippen molar-refractivity contribution in [3.05, 3.63) is 34.9 Å². The number of amides is 1. The van der Waals surface area contributed by atoms with Crippen LogP contribution in [0.25, 0.3) is 0 Å². The normalized spacial score (nSPS) is 10.4. The number of carbonyl (C=O) groups excluding carboxylic acids is 1. The van der Waals surface area contributed by atoms with Crippen LogP contribution in [-0.2, 0) is 11.3 Å². The van der Waals surface area contributed by atoms with Crippen LogP contribution in [0.4, 0.5) is 0 Å². The molecule has 1 aromatic rings. The molecule has 0 aliphatic rings. The molecule has 3 heteroatoms. The van der Waals surface area contributed by atoms with Crippen molar-refractivity contribution in [2.45, 2.75) is 26.8 Å². The molecule has 1 amide bonds. The Bertz CT molecular complexity index is 386. The molecule has 0 atom stereocenters. The molecule has 0 heterocycles. The Hall–Kier alpha value is -1.35. The summed E-state index contributed by atoms with van der Waals surface area (Å²) in [5, 5.41) is 3.29. The highest BCUT2D eigenvalue weighted by Crippen LogP contribution is 2.09. The molecule has 0 saturated heterocycles. The van der Waals surface area contributed by atoms with Crippen molar-refractivity contribution in [1.29, 1.82) is 0 Å². The molecule has 1 N–H and O–H groups in total. The van der Waals surface area contributed by atoms with Crippen molar-refractivity contribution in [3.8, 4) is 0 Å². The van der Waals surface area contributed by atoms with Crippen LogP contribution in [0.2, 0.25) is 0 Å². The average molecular weight is 234 g/mol. The van der Waals surface area contributed by atoms with E-state index in [1.807, 2.05) is 0 Å². The standard InChI is InChI=1S/C14H22N2O/c1-11-5-6-13(9-12(11)2)10-15-8-7-14(17)16(3)4/h5-6,9,15H,7-8,10H2,1-4H3. The van der Waals surface area contributed by atoms with Gasteiger partial charge in [-0.1, -0.05) is 18.2 Å². The molecule has 0 saturated carbocycles. The summed E-state index contributed by atoms with van der Waals surface area (Å²) < 4.78 is 0. The number of aryl methyl sites for hydroxylation is 2. The molecular weight excluding hydrogens is 212 g/mol. The van der Waals surface area contributed by atoms with Gasteiger partial charge < -0.3 is 10.2 Å². The Balaban J connectivity index is 2.31. The van der Waals surface area contributed by atoms with E-state index >= 15 is 0 Å². The minimum Gasteiger partial charge on any atom is -0.349 e. The predicted molar refractivity (Wildman–Crippen MR) is 70.9 cm³/mol. The monoisotopic (exact) mass is 234 g/mol. The van der Waals surface area contributed by atoms with Crippen molar-refractivity contribution < 1.29 is 4.79 Å². The Kier molecular flexibility index (Phi) is 5.16. The molecule has 94 valence electrons. The van der Waals surface area contributed by atoms with Gasteiger partial charge in [0.2, 0.25) is 5.91 Å². The summed E-state index contributed by atoms with van der Waals surface area (Å²) in [6.07, 6.45) is 0.553. The van der Waals surface area contributed by atoms with E-state index in [9.17, 15) is 4.79 Å². The molecule has 1 rings (SSSR count). The maximum atomic E-state index is 11.3. The summed E-state index contributed by atoms with van der Waals surface area (Å²) in [6, 6.07) is 6.45. The van der Waals surface area contributed by atoms with Crippen LogP contribution in [0.5, 0.6) is 0 Å². The second-order valence-electron chi connectivity index (χ2n) is 4.63. The molecule has 0 aromatic heterocycles. The lowest BCUT2D eigenvalue weighted by Crippen LogP contribution is -2.26. The highest BCUT2D eigenvalue weighted by Gasteiger charge is 2.02. The first-order valence-corrected chi connectivity index (χ1v) is 5.97. The third-order valence-corrected chi connectivity index (χ3v) is 2.91. The lowest BCUT2D eigenvalue weighted by atomic mass is 10.1. The lowest BCUT2D eigenvalue weighted by molar-refractivity contribution is -0.128. The van der Waals surface area contributed by atoms with Crippen molar-refractivity contribution in [1.82, 2.24) is 10.2 Å². The molecule has 0 spiro atoms. The third-order valence-electron chi connectivity index (χ3n) is 2.91. The van der Waals surface area contributed by atoms with Crippen LogP contribution in [0.3, 0.4) is 0 Å². The van der Waals surface area contributed by atoms with Crippen molar-refractivity contribution >= 4 is 5.91 Å². The largest absolute Gasteiger partial charge is 0.349 e. The van der Waals surface area contributed by atoms with E-state index < -0.39 is 0 Å². The number of nitrogens with zero attached hydrogens (tertiary/aromatic N) is 1. The lowest BCUT2D eigenvalue weighted by Gasteiger charge is -2.11. The Morgan fingerprint density at radius 3 is 2.53 bits per heavy atom. The second-order valence-corrected chi connectivity index (χ2v) is 4.63. The molecule has 0 unspecified atom stereocenters. The van der Waals surface area contributed by atoms with E-state index in [1.54, 1.807) is 19.0 Å². The second kappa shape index (κ2) is 6.40. The topological polar surface area (TPSA) is 32.3 Å². The van der Waals surface area contributed by atoms with Gasteiger partial charge in [-0.3, -0.25) is 4.79 Å². The fraction of sp³-hybridized carbons (Fsp3) is 0.500.